The van der Waals surface area contributed by atoms with E-state index >= 15 is 0 Å². The number of fused-ring (bicyclic) bond motifs is 2. The molecule has 0 radical (unpaired) electrons. The quantitative estimate of drug-likeness (QED) is 0.821. The fourth-order valence-electron chi connectivity index (χ4n) is 3.34. The van der Waals surface area contributed by atoms with Gasteiger partial charge in [-0.2, -0.15) is 0 Å². The third kappa shape index (κ3) is 2.45. The number of nitrogens with zero attached hydrogens (tertiary/aromatic N) is 4. The van der Waals surface area contributed by atoms with Gasteiger partial charge in [0.1, 0.15) is 0 Å². The first-order valence-corrected chi connectivity index (χ1v) is 7.83. The first-order valence-electron chi connectivity index (χ1n) is 7.83. The van der Waals surface area contributed by atoms with Crippen molar-refractivity contribution in [2.75, 3.05) is 38.7 Å². The lowest BCUT2D eigenvalue weighted by molar-refractivity contribution is -0.133. The molecule has 0 aromatic carbocycles. The molecule has 0 aliphatic carbocycles. The number of anilines is 1. The molecule has 0 bridgehead atoms. The molecule has 3 heterocycles. The molecule has 2 aliphatic heterocycles. The highest BCUT2D eigenvalue weighted by atomic mass is 16.5. The molecule has 6 heteroatoms. The van der Waals surface area contributed by atoms with Crippen LogP contribution in [0.4, 0.5) is 5.95 Å². The summed E-state index contributed by atoms with van der Waals surface area (Å²) in [6, 6.07) is 0. The molecule has 22 heavy (non-hydrogen) atoms. The number of rotatable bonds is 2. The second kappa shape index (κ2) is 5.50. The number of carbonyl (C=O) groups is 1. The smallest absolute Gasteiger partial charge is 0.225 e. The molecule has 1 atom stereocenters. The summed E-state index contributed by atoms with van der Waals surface area (Å²) in [6.45, 7) is 6.56. The Morgan fingerprint density at radius 2 is 2.23 bits per heavy atom. The van der Waals surface area contributed by atoms with E-state index in [2.05, 4.69) is 4.98 Å². The Morgan fingerprint density at radius 1 is 1.45 bits per heavy atom. The summed E-state index contributed by atoms with van der Waals surface area (Å²) in [5, 5.41) is 0. The van der Waals surface area contributed by atoms with Gasteiger partial charge in [0.2, 0.25) is 11.9 Å². The molecule has 1 saturated heterocycles. The van der Waals surface area contributed by atoms with Crippen LogP contribution in [-0.4, -0.2) is 54.6 Å². The number of hydrogen-bond acceptors (Lipinski definition) is 5. The van der Waals surface area contributed by atoms with Gasteiger partial charge in [-0.25, -0.2) is 9.97 Å². The van der Waals surface area contributed by atoms with E-state index in [1.54, 1.807) is 0 Å². The van der Waals surface area contributed by atoms with Crippen molar-refractivity contribution in [1.29, 1.82) is 0 Å². The maximum atomic E-state index is 12.3. The summed E-state index contributed by atoms with van der Waals surface area (Å²) >= 11 is 0. The topological polar surface area (TPSA) is 58.6 Å². The molecule has 2 aliphatic rings. The van der Waals surface area contributed by atoms with Crippen LogP contribution in [0, 0.1) is 5.92 Å². The van der Waals surface area contributed by atoms with Gasteiger partial charge in [0.05, 0.1) is 24.3 Å². The average Bonchev–Trinajstić information content (AvgIpc) is 2.91. The number of amides is 1. The molecule has 1 aromatic heterocycles. The highest BCUT2D eigenvalue weighted by molar-refractivity contribution is 5.78. The standard InChI is InChI=1S/C16H24N4O2/c1-11(2)14(21)20-6-5-16(9-20)10-22-8-12-7-17-15(19(3)4)18-13(12)16/h7,11H,5-6,8-10H2,1-4H3/t16-/m0/s1. The normalized spacial score (nSPS) is 24.0. The van der Waals surface area contributed by atoms with Gasteiger partial charge in [0.25, 0.3) is 0 Å². The third-order valence-electron chi connectivity index (χ3n) is 4.55. The van der Waals surface area contributed by atoms with Gasteiger partial charge in [-0.3, -0.25) is 4.79 Å². The molecule has 0 N–H and O–H groups in total. The predicted octanol–water partition coefficient (Wildman–Crippen LogP) is 1.20. The van der Waals surface area contributed by atoms with E-state index in [0.717, 1.165) is 24.2 Å². The van der Waals surface area contributed by atoms with Gasteiger partial charge < -0.3 is 14.5 Å². The molecule has 1 aromatic rings. The van der Waals surface area contributed by atoms with Crippen LogP contribution in [-0.2, 0) is 21.6 Å². The molecular formula is C16H24N4O2. The summed E-state index contributed by atoms with van der Waals surface area (Å²) < 4.78 is 5.79. The fourth-order valence-corrected chi connectivity index (χ4v) is 3.34. The molecule has 6 nitrogen and oxygen atoms in total. The van der Waals surface area contributed by atoms with Gasteiger partial charge in [-0.05, 0) is 6.42 Å². The Morgan fingerprint density at radius 3 is 2.91 bits per heavy atom. The highest BCUT2D eigenvalue weighted by Gasteiger charge is 2.46. The van der Waals surface area contributed by atoms with Gasteiger partial charge >= 0.3 is 0 Å². The predicted molar refractivity (Wildman–Crippen MR) is 83.7 cm³/mol. The number of likely N-dealkylation sites (tertiary alicyclic amines) is 1. The minimum atomic E-state index is -0.175. The molecule has 0 saturated carbocycles. The fraction of sp³-hybridized carbons (Fsp3) is 0.688. The van der Waals surface area contributed by atoms with Crippen molar-refractivity contribution in [2.45, 2.75) is 32.3 Å². The number of carbonyl (C=O) groups excluding carboxylic acids is 1. The second-order valence-electron chi connectivity index (χ2n) is 6.88. The summed E-state index contributed by atoms with van der Waals surface area (Å²) in [5.74, 6) is 0.960. The highest BCUT2D eigenvalue weighted by Crippen LogP contribution is 2.39. The van der Waals surface area contributed by atoms with Crippen molar-refractivity contribution < 1.29 is 9.53 Å². The molecule has 1 amide bonds. The van der Waals surface area contributed by atoms with Crippen molar-refractivity contribution >= 4 is 11.9 Å². The average molecular weight is 304 g/mol. The Bertz CT molecular complexity index is 588. The Labute approximate surface area is 131 Å². The molecule has 1 fully saturated rings. The number of hydrogen-bond donors (Lipinski definition) is 0. The lowest BCUT2D eigenvalue weighted by Crippen LogP contribution is -2.42. The van der Waals surface area contributed by atoms with Crippen LogP contribution in [0.5, 0.6) is 0 Å². The van der Waals surface area contributed by atoms with E-state index in [4.69, 9.17) is 9.72 Å². The van der Waals surface area contributed by atoms with Crippen molar-refractivity contribution in [1.82, 2.24) is 14.9 Å². The van der Waals surface area contributed by atoms with Gasteiger partial charge in [0, 0.05) is 44.9 Å². The zero-order valence-electron chi connectivity index (χ0n) is 13.8. The molecule has 0 unspecified atom stereocenters. The van der Waals surface area contributed by atoms with Gasteiger partial charge in [0.15, 0.2) is 0 Å². The molecular weight excluding hydrogens is 280 g/mol. The van der Waals surface area contributed by atoms with Crippen LogP contribution >= 0.6 is 0 Å². The Kier molecular flexibility index (Phi) is 3.80. The van der Waals surface area contributed by atoms with E-state index in [9.17, 15) is 4.79 Å². The second-order valence-corrected chi connectivity index (χ2v) is 6.88. The Hall–Kier alpha value is -1.69. The van der Waals surface area contributed by atoms with E-state index in [1.165, 1.54) is 0 Å². The maximum Gasteiger partial charge on any atom is 0.225 e. The van der Waals surface area contributed by atoms with E-state index in [0.29, 0.717) is 25.7 Å². The van der Waals surface area contributed by atoms with E-state index < -0.39 is 0 Å². The minimum absolute atomic E-state index is 0.0295. The van der Waals surface area contributed by atoms with E-state index in [-0.39, 0.29) is 17.2 Å². The largest absolute Gasteiger partial charge is 0.376 e. The third-order valence-corrected chi connectivity index (χ3v) is 4.55. The van der Waals surface area contributed by atoms with Crippen LogP contribution in [0.2, 0.25) is 0 Å². The van der Waals surface area contributed by atoms with Crippen molar-refractivity contribution in [3.05, 3.63) is 17.5 Å². The zero-order chi connectivity index (χ0) is 15.9. The maximum absolute atomic E-state index is 12.3. The van der Waals surface area contributed by atoms with Crippen LogP contribution in [0.3, 0.4) is 0 Å². The number of aromatic nitrogens is 2. The van der Waals surface area contributed by atoms with Crippen molar-refractivity contribution in [2.24, 2.45) is 5.92 Å². The monoisotopic (exact) mass is 304 g/mol. The minimum Gasteiger partial charge on any atom is -0.376 e. The SMILES string of the molecule is CC(C)C(=O)N1CC[C@@]2(COCc3cnc(N(C)C)nc32)C1. The first kappa shape index (κ1) is 15.2. The summed E-state index contributed by atoms with van der Waals surface area (Å²) in [5.41, 5.74) is 1.94. The van der Waals surface area contributed by atoms with Gasteiger partial charge in [-0.15, -0.1) is 0 Å². The zero-order valence-corrected chi connectivity index (χ0v) is 13.8. The molecule has 3 rings (SSSR count). The number of ether oxygens (including phenoxy) is 1. The summed E-state index contributed by atoms with van der Waals surface area (Å²) in [4.78, 5) is 25.3. The van der Waals surface area contributed by atoms with Crippen molar-refractivity contribution in [3.8, 4) is 0 Å². The lowest BCUT2D eigenvalue weighted by Gasteiger charge is -2.34. The first-order chi connectivity index (χ1) is 10.4. The molecule has 1 spiro atoms. The summed E-state index contributed by atoms with van der Waals surface area (Å²) in [6.07, 6.45) is 2.77. The van der Waals surface area contributed by atoms with Crippen LogP contribution < -0.4 is 4.90 Å². The van der Waals surface area contributed by atoms with Crippen molar-refractivity contribution in [3.63, 3.8) is 0 Å². The van der Waals surface area contributed by atoms with Crippen LogP contribution in [0.15, 0.2) is 6.20 Å². The van der Waals surface area contributed by atoms with Crippen LogP contribution in [0.25, 0.3) is 0 Å². The van der Waals surface area contributed by atoms with Gasteiger partial charge in [-0.1, -0.05) is 13.8 Å². The Balaban J connectivity index is 1.94. The summed E-state index contributed by atoms with van der Waals surface area (Å²) in [7, 11) is 3.88. The lowest BCUT2D eigenvalue weighted by atomic mass is 9.80. The molecule has 120 valence electrons. The van der Waals surface area contributed by atoms with E-state index in [1.807, 2.05) is 43.9 Å². The van der Waals surface area contributed by atoms with Crippen LogP contribution in [0.1, 0.15) is 31.5 Å².